The SMILES string of the molecule is Cc1ccc(C(=O)Nc2ccccc2C(=O)NCc2ccccc2)cc1C. The maximum absolute atomic E-state index is 12.6. The number of para-hydroxylation sites is 1. The van der Waals surface area contributed by atoms with Crippen molar-refractivity contribution in [3.8, 4) is 0 Å². The molecule has 0 saturated carbocycles. The Bertz CT molecular complexity index is 965. The first-order valence-corrected chi connectivity index (χ1v) is 8.84. The molecule has 4 nitrogen and oxygen atoms in total. The van der Waals surface area contributed by atoms with Crippen LogP contribution < -0.4 is 10.6 Å². The Morgan fingerprint density at radius 3 is 2.22 bits per heavy atom. The summed E-state index contributed by atoms with van der Waals surface area (Å²) in [5, 5.41) is 5.75. The second kappa shape index (κ2) is 8.32. The Balaban J connectivity index is 1.74. The maximum Gasteiger partial charge on any atom is 0.255 e. The highest BCUT2D eigenvalue weighted by molar-refractivity contribution is 6.09. The minimum Gasteiger partial charge on any atom is -0.348 e. The fourth-order valence-electron chi connectivity index (χ4n) is 2.74. The molecule has 3 aromatic rings. The van der Waals surface area contributed by atoms with E-state index in [9.17, 15) is 9.59 Å². The lowest BCUT2D eigenvalue weighted by Crippen LogP contribution is -2.24. The number of aryl methyl sites for hydroxylation is 2. The van der Waals surface area contributed by atoms with E-state index in [0.717, 1.165) is 16.7 Å². The van der Waals surface area contributed by atoms with Gasteiger partial charge in [-0.3, -0.25) is 9.59 Å². The van der Waals surface area contributed by atoms with E-state index in [2.05, 4.69) is 10.6 Å². The number of carbonyl (C=O) groups excluding carboxylic acids is 2. The summed E-state index contributed by atoms with van der Waals surface area (Å²) in [6.45, 7) is 4.40. The second-order valence-corrected chi connectivity index (χ2v) is 6.47. The molecule has 3 aromatic carbocycles. The number of nitrogens with one attached hydrogen (secondary N) is 2. The molecule has 0 heterocycles. The summed E-state index contributed by atoms with van der Waals surface area (Å²) in [4.78, 5) is 25.2. The Morgan fingerprint density at radius 1 is 0.778 bits per heavy atom. The minimum atomic E-state index is -0.235. The molecule has 0 bridgehead atoms. The highest BCUT2D eigenvalue weighted by atomic mass is 16.2. The van der Waals surface area contributed by atoms with Crippen LogP contribution in [0.1, 0.15) is 37.4 Å². The van der Waals surface area contributed by atoms with Crippen LogP contribution in [0, 0.1) is 13.8 Å². The molecule has 2 amide bonds. The van der Waals surface area contributed by atoms with Crippen LogP contribution in [0.3, 0.4) is 0 Å². The van der Waals surface area contributed by atoms with Crippen LogP contribution in [-0.4, -0.2) is 11.8 Å². The zero-order chi connectivity index (χ0) is 19.2. The van der Waals surface area contributed by atoms with Crippen molar-refractivity contribution < 1.29 is 9.59 Å². The van der Waals surface area contributed by atoms with Gasteiger partial charge in [-0.1, -0.05) is 48.5 Å². The number of hydrogen-bond donors (Lipinski definition) is 2. The van der Waals surface area contributed by atoms with E-state index in [1.165, 1.54) is 0 Å². The summed E-state index contributed by atoms with van der Waals surface area (Å²) in [7, 11) is 0. The number of carbonyl (C=O) groups is 2. The van der Waals surface area contributed by atoms with Crippen molar-refractivity contribution in [2.24, 2.45) is 0 Å². The van der Waals surface area contributed by atoms with E-state index >= 15 is 0 Å². The molecule has 0 aliphatic carbocycles. The molecule has 0 saturated heterocycles. The number of rotatable bonds is 5. The van der Waals surface area contributed by atoms with Crippen molar-refractivity contribution in [2.75, 3.05) is 5.32 Å². The summed E-state index contributed by atoms with van der Waals surface area (Å²) in [6, 6.07) is 22.3. The topological polar surface area (TPSA) is 58.2 Å². The molecule has 136 valence electrons. The van der Waals surface area contributed by atoms with Gasteiger partial charge in [-0.05, 0) is 54.8 Å². The molecule has 27 heavy (non-hydrogen) atoms. The van der Waals surface area contributed by atoms with Crippen LogP contribution in [-0.2, 0) is 6.54 Å². The fourth-order valence-corrected chi connectivity index (χ4v) is 2.74. The van der Waals surface area contributed by atoms with Crippen molar-refractivity contribution in [1.29, 1.82) is 0 Å². The van der Waals surface area contributed by atoms with Crippen LogP contribution in [0.2, 0.25) is 0 Å². The van der Waals surface area contributed by atoms with Crippen molar-refractivity contribution in [3.05, 3.63) is 101 Å². The van der Waals surface area contributed by atoms with Gasteiger partial charge in [0.2, 0.25) is 0 Å². The molecule has 0 unspecified atom stereocenters. The predicted molar refractivity (Wildman–Crippen MR) is 108 cm³/mol. The van der Waals surface area contributed by atoms with Gasteiger partial charge < -0.3 is 10.6 Å². The molecule has 0 aliphatic rings. The quantitative estimate of drug-likeness (QED) is 0.706. The van der Waals surface area contributed by atoms with E-state index in [1.807, 2.05) is 56.3 Å². The second-order valence-electron chi connectivity index (χ2n) is 6.47. The number of amides is 2. The lowest BCUT2D eigenvalue weighted by molar-refractivity contribution is 0.0952. The molecule has 0 aliphatic heterocycles. The minimum absolute atomic E-state index is 0.227. The van der Waals surface area contributed by atoms with Gasteiger partial charge in [-0.2, -0.15) is 0 Å². The molecule has 2 N–H and O–H groups in total. The smallest absolute Gasteiger partial charge is 0.255 e. The van der Waals surface area contributed by atoms with Crippen LogP contribution >= 0.6 is 0 Å². The van der Waals surface area contributed by atoms with E-state index in [1.54, 1.807) is 30.3 Å². The molecule has 0 atom stereocenters. The summed E-state index contributed by atoms with van der Waals surface area (Å²) < 4.78 is 0. The van der Waals surface area contributed by atoms with E-state index in [0.29, 0.717) is 23.4 Å². The summed E-state index contributed by atoms with van der Waals surface area (Å²) in [5.41, 5.74) is 4.70. The standard InChI is InChI=1S/C23H22N2O2/c1-16-12-13-19(14-17(16)2)22(26)25-21-11-7-6-10-20(21)23(27)24-15-18-8-4-3-5-9-18/h3-14H,15H2,1-2H3,(H,24,27)(H,25,26). The largest absolute Gasteiger partial charge is 0.348 e. The zero-order valence-electron chi connectivity index (χ0n) is 15.5. The van der Waals surface area contributed by atoms with Crippen LogP contribution in [0.25, 0.3) is 0 Å². The number of anilines is 1. The molecular formula is C23H22N2O2. The molecular weight excluding hydrogens is 336 g/mol. The molecule has 3 rings (SSSR count). The average molecular weight is 358 g/mol. The van der Waals surface area contributed by atoms with E-state index in [4.69, 9.17) is 0 Å². The summed E-state index contributed by atoms with van der Waals surface area (Å²) >= 11 is 0. The van der Waals surface area contributed by atoms with Gasteiger partial charge in [0.05, 0.1) is 11.3 Å². The monoisotopic (exact) mass is 358 g/mol. The molecule has 0 radical (unpaired) electrons. The molecule has 0 aromatic heterocycles. The number of hydrogen-bond acceptors (Lipinski definition) is 2. The van der Waals surface area contributed by atoms with E-state index in [-0.39, 0.29) is 11.8 Å². The first-order valence-electron chi connectivity index (χ1n) is 8.84. The third-order valence-electron chi connectivity index (χ3n) is 4.48. The van der Waals surface area contributed by atoms with Crippen LogP contribution in [0.5, 0.6) is 0 Å². The van der Waals surface area contributed by atoms with Gasteiger partial charge >= 0.3 is 0 Å². The predicted octanol–water partition coefficient (Wildman–Crippen LogP) is 4.49. The van der Waals surface area contributed by atoms with Crippen LogP contribution in [0.4, 0.5) is 5.69 Å². The Morgan fingerprint density at radius 2 is 1.48 bits per heavy atom. The van der Waals surface area contributed by atoms with Crippen molar-refractivity contribution in [2.45, 2.75) is 20.4 Å². The van der Waals surface area contributed by atoms with Crippen molar-refractivity contribution >= 4 is 17.5 Å². The van der Waals surface area contributed by atoms with Crippen LogP contribution in [0.15, 0.2) is 72.8 Å². The lowest BCUT2D eigenvalue weighted by atomic mass is 10.1. The first kappa shape index (κ1) is 18.4. The lowest BCUT2D eigenvalue weighted by Gasteiger charge is -2.12. The maximum atomic E-state index is 12.6. The number of benzene rings is 3. The van der Waals surface area contributed by atoms with Gasteiger partial charge in [0.1, 0.15) is 0 Å². The van der Waals surface area contributed by atoms with Crippen molar-refractivity contribution in [3.63, 3.8) is 0 Å². The average Bonchev–Trinajstić information content (AvgIpc) is 2.69. The van der Waals surface area contributed by atoms with Gasteiger partial charge in [0, 0.05) is 12.1 Å². The highest BCUT2D eigenvalue weighted by Gasteiger charge is 2.14. The normalized spacial score (nSPS) is 10.3. The molecule has 0 fully saturated rings. The Kier molecular flexibility index (Phi) is 5.67. The zero-order valence-corrected chi connectivity index (χ0v) is 15.5. The molecule has 4 heteroatoms. The summed E-state index contributed by atoms with van der Waals surface area (Å²) in [6.07, 6.45) is 0. The van der Waals surface area contributed by atoms with Crippen molar-refractivity contribution in [1.82, 2.24) is 5.32 Å². The third kappa shape index (κ3) is 4.61. The highest BCUT2D eigenvalue weighted by Crippen LogP contribution is 2.18. The fraction of sp³-hybridized carbons (Fsp3) is 0.130. The van der Waals surface area contributed by atoms with Gasteiger partial charge in [-0.15, -0.1) is 0 Å². The van der Waals surface area contributed by atoms with Gasteiger partial charge in [0.15, 0.2) is 0 Å². The Hall–Kier alpha value is -3.40. The summed E-state index contributed by atoms with van der Waals surface area (Å²) in [5.74, 6) is -0.462. The van der Waals surface area contributed by atoms with Gasteiger partial charge in [0.25, 0.3) is 11.8 Å². The third-order valence-corrected chi connectivity index (χ3v) is 4.48. The van der Waals surface area contributed by atoms with E-state index < -0.39 is 0 Å². The molecule has 0 spiro atoms. The Labute approximate surface area is 159 Å². The van der Waals surface area contributed by atoms with Gasteiger partial charge in [-0.25, -0.2) is 0 Å². The first-order chi connectivity index (χ1) is 13.0.